The van der Waals surface area contributed by atoms with E-state index in [1.54, 1.807) is 18.2 Å². The zero-order valence-corrected chi connectivity index (χ0v) is 18.7. The lowest BCUT2D eigenvalue weighted by atomic mass is 10.1. The van der Waals surface area contributed by atoms with E-state index in [4.69, 9.17) is 14.2 Å². The monoisotopic (exact) mass is 449 g/mol. The van der Waals surface area contributed by atoms with Gasteiger partial charge in [0.25, 0.3) is 0 Å². The van der Waals surface area contributed by atoms with Crippen molar-refractivity contribution in [2.75, 3.05) is 49.7 Å². The molecule has 2 saturated heterocycles. The summed E-state index contributed by atoms with van der Waals surface area (Å²) in [6.07, 6.45) is 1.30. The minimum atomic E-state index is -0.315. The summed E-state index contributed by atoms with van der Waals surface area (Å²) >= 11 is 0. The molecule has 2 aliphatic heterocycles. The number of fused-ring (bicyclic) bond motifs is 1. The summed E-state index contributed by atoms with van der Waals surface area (Å²) in [4.78, 5) is 25.3. The van der Waals surface area contributed by atoms with E-state index in [9.17, 15) is 4.79 Å². The van der Waals surface area contributed by atoms with Gasteiger partial charge in [-0.1, -0.05) is 0 Å². The number of nitrogens with one attached hydrogen (secondary N) is 1. The van der Waals surface area contributed by atoms with E-state index < -0.39 is 0 Å². The first-order chi connectivity index (χ1) is 16.1. The van der Waals surface area contributed by atoms with Gasteiger partial charge in [-0.2, -0.15) is 0 Å². The molecule has 9 nitrogen and oxygen atoms in total. The molecule has 2 aliphatic rings. The van der Waals surface area contributed by atoms with Gasteiger partial charge in [0.1, 0.15) is 17.4 Å². The number of amides is 1. The molecule has 1 atom stereocenters. The van der Waals surface area contributed by atoms with Crippen molar-refractivity contribution in [3.05, 3.63) is 48.7 Å². The van der Waals surface area contributed by atoms with Gasteiger partial charge in [0.05, 0.1) is 31.5 Å². The number of anilines is 2. The summed E-state index contributed by atoms with van der Waals surface area (Å²) in [6.45, 7) is 5.38. The van der Waals surface area contributed by atoms with Gasteiger partial charge in [-0.25, -0.2) is 9.78 Å². The van der Waals surface area contributed by atoms with Crippen molar-refractivity contribution in [2.24, 2.45) is 0 Å². The SMILES string of the molecule is CCOc1ccc(N2C[C@@H](CNC3CN(c4ccnc5ccc(OC)nc45)C3)OC2=O)cc1. The fourth-order valence-corrected chi connectivity index (χ4v) is 4.19. The molecule has 1 N–H and O–H groups in total. The maximum atomic E-state index is 12.4. The van der Waals surface area contributed by atoms with E-state index in [-0.39, 0.29) is 12.2 Å². The molecule has 0 aliphatic carbocycles. The summed E-state index contributed by atoms with van der Waals surface area (Å²) in [5, 5.41) is 3.52. The maximum absolute atomic E-state index is 12.4. The first-order valence-corrected chi connectivity index (χ1v) is 11.1. The second kappa shape index (κ2) is 9.11. The standard InChI is InChI=1S/C24H27N5O4/c1-3-32-18-6-4-17(5-7-18)29-15-19(33-24(29)30)12-26-16-13-28(14-16)21-10-11-25-20-8-9-22(31-2)27-23(20)21/h4-11,16,19,26H,3,12-15H2,1-2H3/t19-/m1/s1. The normalized spacial score (nSPS) is 18.4. The number of hydrogen-bond acceptors (Lipinski definition) is 8. The van der Waals surface area contributed by atoms with E-state index in [1.807, 2.05) is 49.4 Å². The van der Waals surface area contributed by atoms with Crippen LogP contribution < -0.4 is 24.6 Å². The number of nitrogens with zero attached hydrogens (tertiary/aromatic N) is 4. The first-order valence-electron chi connectivity index (χ1n) is 11.1. The molecule has 1 amide bonds. The summed E-state index contributed by atoms with van der Waals surface area (Å²) < 4.78 is 16.3. The molecule has 2 fully saturated rings. The van der Waals surface area contributed by atoms with Crippen molar-refractivity contribution in [2.45, 2.75) is 19.1 Å². The van der Waals surface area contributed by atoms with Crippen LogP contribution in [-0.4, -0.2) is 68.1 Å². The number of cyclic esters (lactones) is 1. The molecule has 33 heavy (non-hydrogen) atoms. The molecule has 2 aromatic heterocycles. The van der Waals surface area contributed by atoms with Crippen LogP contribution in [0.1, 0.15) is 6.92 Å². The Hall–Kier alpha value is -3.59. The quantitative estimate of drug-likeness (QED) is 0.562. The van der Waals surface area contributed by atoms with Crippen LogP contribution in [0.25, 0.3) is 11.0 Å². The van der Waals surface area contributed by atoms with E-state index in [0.717, 1.165) is 41.2 Å². The number of pyridine rings is 2. The average Bonchev–Trinajstić information content (AvgIpc) is 3.19. The Morgan fingerprint density at radius 3 is 2.70 bits per heavy atom. The van der Waals surface area contributed by atoms with Crippen LogP contribution >= 0.6 is 0 Å². The number of ether oxygens (including phenoxy) is 3. The van der Waals surface area contributed by atoms with Crippen LogP contribution in [0.2, 0.25) is 0 Å². The molecule has 1 aromatic carbocycles. The highest BCUT2D eigenvalue weighted by Gasteiger charge is 2.34. The van der Waals surface area contributed by atoms with Crippen molar-refractivity contribution >= 4 is 28.5 Å². The van der Waals surface area contributed by atoms with E-state index in [0.29, 0.717) is 31.6 Å². The number of benzene rings is 1. The zero-order chi connectivity index (χ0) is 22.8. The average molecular weight is 450 g/mol. The van der Waals surface area contributed by atoms with Crippen molar-refractivity contribution < 1.29 is 19.0 Å². The number of aromatic nitrogens is 2. The van der Waals surface area contributed by atoms with Crippen LogP contribution in [0.3, 0.4) is 0 Å². The number of carbonyl (C=O) groups excluding carboxylic acids is 1. The Bertz CT molecular complexity index is 1130. The van der Waals surface area contributed by atoms with Crippen LogP contribution in [0.4, 0.5) is 16.2 Å². The Kier molecular flexibility index (Phi) is 5.87. The molecule has 0 unspecified atom stereocenters. The predicted octanol–water partition coefficient (Wildman–Crippen LogP) is 2.84. The Balaban J connectivity index is 1.14. The lowest BCUT2D eigenvalue weighted by Gasteiger charge is -2.41. The summed E-state index contributed by atoms with van der Waals surface area (Å²) in [7, 11) is 1.61. The number of rotatable bonds is 8. The Morgan fingerprint density at radius 1 is 1.12 bits per heavy atom. The largest absolute Gasteiger partial charge is 0.494 e. The first kappa shape index (κ1) is 21.3. The molecule has 3 aromatic rings. The molecule has 0 saturated carbocycles. The molecule has 5 rings (SSSR count). The third-order valence-corrected chi connectivity index (χ3v) is 5.94. The van der Waals surface area contributed by atoms with Gasteiger partial charge in [0, 0.05) is 43.6 Å². The maximum Gasteiger partial charge on any atom is 0.414 e. The second-order valence-corrected chi connectivity index (χ2v) is 8.10. The molecular weight excluding hydrogens is 422 g/mol. The fraction of sp³-hybridized carbons (Fsp3) is 0.375. The summed E-state index contributed by atoms with van der Waals surface area (Å²) in [5.41, 5.74) is 3.54. The van der Waals surface area contributed by atoms with Crippen LogP contribution in [-0.2, 0) is 4.74 Å². The Morgan fingerprint density at radius 2 is 1.94 bits per heavy atom. The third kappa shape index (κ3) is 4.36. The predicted molar refractivity (Wildman–Crippen MR) is 125 cm³/mol. The zero-order valence-electron chi connectivity index (χ0n) is 18.7. The molecule has 9 heteroatoms. The van der Waals surface area contributed by atoms with Gasteiger partial charge in [-0.3, -0.25) is 9.88 Å². The highest BCUT2D eigenvalue weighted by molar-refractivity contribution is 5.90. The van der Waals surface area contributed by atoms with Gasteiger partial charge in [-0.05, 0) is 43.3 Å². The minimum absolute atomic E-state index is 0.189. The van der Waals surface area contributed by atoms with Crippen molar-refractivity contribution in [1.29, 1.82) is 0 Å². The van der Waals surface area contributed by atoms with Crippen molar-refractivity contribution in [3.8, 4) is 11.6 Å². The third-order valence-electron chi connectivity index (χ3n) is 5.94. The molecule has 172 valence electrons. The topological polar surface area (TPSA) is 89.1 Å². The van der Waals surface area contributed by atoms with E-state index in [2.05, 4.69) is 20.2 Å². The number of methoxy groups -OCH3 is 1. The summed E-state index contributed by atoms with van der Waals surface area (Å²) in [6, 6.07) is 13.5. The number of carbonyl (C=O) groups is 1. The van der Waals surface area contributed by atoms with Crippen molar-refractivity contribution in [1.82, 2.24) is 15.3 Å². The minimum Gasteiger partial charge on any atom is -0.494 e. The van der Waals surface area contributed by atoms with Crippen LogP contribution in [0, 0.1) is 0 Å². The molecule has 0 radical (unpaired) electrons. The molecule has 0 bridgehead atoms. The van der Waals surface area contributed by atoms with Gasteiger partial charge in [-0.15, -0.1) is 0 Å². The highest BCUT2D eigenvalue weighted by Crippen LogP contribution is 2.29. The van der Waals surface area contributed by atoms with E-state index in [1.165, 1.54) is 0 Å². The molecular formula is C24H27N5O4. The van der Waals surface area contributed by atoms with Gasteiger partial charge in [0.15, 0.2) is 0 Å². The Labute approximate surface area is 192 Å². The van der Waals surface area contributed by atoms with E-state index >= 15 is 0 Å². The fourth-order valence-electron chi connectivity index (χ4n) is 4.19. The second-order valence-electron chi connectivity index (χ2n) is 8.10. The lowest BCUT2D eigenvalue weighted by Crippen LogP contribution is -2.59. The van der Waals surface area contributed by atoms with Gasteiger partial charge >= 0.3 is 6.09 Å². The van der Waals surface area contributed by atoms with Crippen LogP contribution in [0.15, 0.2) is 48.7 Å². The van der Waals surface area contributed by atoms with Crippen LogP contribution in [0.5, 0.6) is 11.6 Å². The van der Waals surface area contributed by atoms with Gasteiger partial charge in [0.2, 0.25) is 5.88 Å². The van der Waals surface area contributed by atoms with Crippen molar-refractivity contribution in [3.63, 3.8) is 0 Å². The highest BCUT2D eigenvalue weighted by atomic mass is 16.6. The molecule has 0 spiro atoms. The lowest BCUT2D eigenvalue weighted by molar-refractivity contribution is 0.137. The van der Waals surface area contributed by atoms with Gasteiger partial charge < -0.3 is 24.4 Å². The summed E-state index contributed by atoms with van der Waals surface area (Å²) in [5.74, 6) is 1.37. The molecule has 4 heterocycles. The number of hydrogen-bond donors (Lipinski definition) is 1. The smallest absolute Gasteiger partial charge is 0.414 e.